The van der Waals surface area contributed by atoms with E-state index >= 15 is 0 Å². The molecule has 0 unspecified atom stereocenters. The van der Waals surface area contributed by atoms with Gasteiger partial charge in [-0.25, -0.2) is 5.43 Å². The third kappa shape index (κ3) is 7.77. The van der Waals surface area contributed by atoms with Crippen LogP contribution in [0.15, 0.2) is 5.10 Å². The van der Waals surface area contributed by atoms with Crippen molar-refractivity contribution in [2.45, 2.75) is 59.3 Å². The van der Waals surface area contributed by atoms with Crippen molar-refractivity contribution < 1.29 is 4.79 Å². The highest BCUT2D eigenvalue weighted by Crippen LogP contribution is 1.98. The number of nitrogens with one attached hydrogen (secondary N) is 1. The molecule has 0 aromatic carbocycles. The Morgan fingerprint density at radius 2 is 1.86 bits per heavy atom. The molecule has 3 nitrogen and oxygen atoms in total. The molecule has 0 aromatic rings. The second-order valence-corrected chi connectivity index (χ2v) is 3.59. The fourth-order valence-electron chi connectivity index (χ4n) is 1.17. The average molecular weight is 198 g/mol. The van der Waals surface area contributed by atoms with Crippen molar-refractivity contribution >= 4 is 11.6 Å². The van der Waals surface area contributed by atoms with Crippen LogP contribution in [0.4, 0.5) is 0 Å². The minimum atomic E-state index is 0.0360. The molecule has 0 radical (unpaired) electrons. The third-order valence-corrected chi connectivity index (χ3v) is 1.99. The molecule has 0 aromatic heterocycles. The van der Waals surface area contributed by atoms with Gasteiger partial charge in [0.15, 0.2) is 0 Å². The lowest BCUT2D eigenvalue weighted by Crippen LogP contribution is -2.18. The predicted molar refractivity (Wildman–Crippen MR) is 60.3 cm³/mol. The molecule has 0 rings (SSSR count). The number of hydrazone groups is 1. The maximum atomic E-state index is 11.2. The van der Waals surface area contributed by atoms with Crippen LogP contribution in [0.3, 0.4) is 0 Å². The highest BCUT2D eigenvalue weighted by molar-refractivity contribution is 5.84. The first-order chi connectivity index (χ1) is 6.70. The molecule has 0 bridgehead atoms. The maximum Gasteiger partial charge on any atom is 0.240 e. The molecule has 1 amide bonds. The Labute approximate surface area is 87.0 Å². The number of hydrogen-bond donors (Lipinski definition) is 1. The van der Waals surface area contributed by atoms with Crippen molar-refractivity contribution in [1.29, 1.82) is 0 Å². The van der Waals surface area contributed by atoms with Crippen molar-refractivity contribution in [2.75, 3.05) is 0 Å². The van der Waals surface area contributed by atoms with Crippen LogP contribution in [0, 0.1) is 0 Å². The van der Waals surface area contributed by atoms with Crippen LogP contribution in [0.5, 0.6) is 0 Å². The van der Waals surface area contributed by atoms with E-state index in [2.05, 4.69) is 24.4 Å². The number of unbranched alkanes of at least 4 members (excludes halogenated alkanes) is 2. The number of nitrogens with zero attached hydrogens (tertiary/aromatic N) is 1. The molecule has 82 valence electrons. The van der Waals surface area contributed by atoms with Gasteiger partial charge in [0, 0.05) is 12.1 Å². The normalized spacial score (nSPS) is 11.5. The molecule has 0 spiro atoms. The smallest absolute Gasteiger partial charge is 0.240 e. The van der Waals surface area contributed by atoms with E-state index in [1.807, 2.05) is 6.92 Å². The van der Waals surface area contributed by atoms with Gasteiger partial charge in [0.25, 0.3) is 0 Å². The Bertz CT molecular complexity index is 188. The van der Waals surface area contributed by atoms with Gasteiger partial charge in [-0.3, -0.25) is 4.79 Å². The molecule has 0 aliphatic carbocycles. The van der Waals surface area contributed by atoms with Gasteiger partial charge >= 0.3 is 0 Å². The summed E-state index contributed by atoms with van der Waals surface area (Å²) >= 11 is 0. The second kappa shape index (κ2) is 8.73. The minimum absolute atomic E-state index is 0.0360. The van der Waals surface area contributed by atoms with Crippen molar-refractivity contribution in [3.63, 3.8) is 0 Å². The van der Waals surface area contributed by atoms with Crippen molar-refractivity contribution in [1.82, 2.24) is 5.43 Å². The summed E-state index contributed by atoms with van der Waals surface area (Å²) in [5, 5.41) is 4.01. The van der Waals surface area contributed by atoms with Gasteiger partial charge in [0.2, 0.25) is 5.91 Å². The van der Waals surface area contributed by atoms with Crippen LogP contribution in [-0.2, 0) is 4.79 Å². The number of carbonyl (C=O) groups is 1. The van der Waals surface area contributed by atoms with E-state index < -0.39 is 0 Å². The number of rotatable bonds is 7. The molecule has 0 saturated carbocycles. The van der Waals surface area contributed by atoms with E-state index in [1.165, 1.54) is 0 Å². The molecular formula is C11H22N2O. The monoisotopic (exact) mass is 198 g/mol. The zero-order valence-electron chi connectivity index (χ0n) is 9.60. The van der Waals surface area contributed by atoms with Crippen LogP contribution in [0.2, 0.25) is 0 Å². The summed E-state index contributed by atoms with van der Waals surface area (Å²) in [6.07, 6.45) is 5.84. The SMILES string of the molecule is CCCCCC(=O)N/N=C(\C)CCC. The molecule has 3 heteroatoms. The molecule has 0 fully saturated rings. The second-order valence-electron chi connectivity index (χ2n) is 3.59. The van der Waals surface area contributed by atoms with Gasteiger partial charge in [0.05, 0.1) is 0 Å². The van der Waals surface area contributed by atoms with Gasteiger partial charge in [-0.05, 0) is 19.8 Å². The van der Waals surface area contributed by atoms with Crippen LogP contribution in [0.25, 0.3) is 0 Å². The van der Waals surface area contributed by atoms with Crippen LogP contribution >= 0.6 is 0 Å². The highest BCUT2D eigenvalue weighted by Gasteiger charge is 1.98. The number of carbonyl (C=O) groups excluding carboxylic acids is 1. The molecule has 0 aliphatic rings. The predicted octanol–water partition coefficient (Wildman–Crippen LogP) is 2.86. The Balaban J connectivity index is 3.56. The lowest BCUT2D eigenvalue weighted by molar-refractivity contribution is -0.121. The van der Waals surface area contributed by atoms with Gasteiger partial charge in [-0.15, -0.1) is 0 Å². The minimum Gasteiger partial charge on any atom is -0.273 e. The van der Waals surface area contributed by atoms with Crippen LogP contribution in [-0.4, -0.2) is 11.6 Å². The molecule has 0 aliphatic heterocycles. The van der Waals surface area contributed by atoms with Crippen LogP contribution < -0.4 is 5.43 Å². The number of amides is 1. The topological polar surface area (TPSA) is 41.5 Å². The van der Waals surface area contributed by atoms with Crippen molar-refractivity contribution in [3.05, 3.63) is 0 Å². The third-order valence-electron chi connectivity index (χ3n) is 1.99. The van der Waals surface area contributed by atoms with E-state index in [0.29, 0.717) is 6.42 Å². The quantitative estimate of drug-likeness (QED) is 0.381. The first-order valence-corrected chi connectivity index (χ1v) is 5.52. The summed E-state index contributed by atoms with van der Waals surface area (Å²) in [5.41, 5.74) is 3.57. The van der Waals surface area contributed by atoms with Crippen molar-refractivity contribution in [3.8, 4) is 0 Å². The summed E-state index contributed by atoms with van der Waals surface area (Å²) < 4.78 is 0. The van der Waals surface area contributed by atoms with Gasteiger partial charge in [0.1, 0.15) is 0 Å². The largest absolute Gasteiger partial charge is 0.273 e. The van der Waals surface area contributed by atoms with Gasteiger partial charge in [-0.1, -0.05) is 33.1 Å². The Hall–Kier alpha value is -0.860. The van der Waals surface area contributed by atoms with E-state index in [4.69, 9.17) is 0 Å². The fraction of sp³-hybridized carbons (Fsp3) is 0.818. The molecule has 1 N–H and O–H groups in total. The zero-order chi connectivity index (χ0) is 10.8. The summed E-state index contributed by atoms with van der Waals surface area (Å²) in [6.45, 7) is 6.17. The maximum absolute atomic E-state index is 11.2. The van der Waals surface area contributed by atoms with Gasteiger partial charge in [-0.2, -0.15) is 5.10 Å². The van der Waals surface area contributed by atoms with Crippen molar-refractivity contribution in [2.24, 2.45) is 5.10 Å². The molecular weight excluding hydrogens is 176 g/mol. The van der Waals surface area contributed by atoms with E-state index in [0.717, 1.165) is 37.8 Å². The Morgan fingerprint density at radius 1 is 1.14 bits per heavy atom. The van der Waals surface area contributed by atoms with Crippen LogP contribution in [0.1, 0.15) is 59.3 Å². The molecule has 14 heavy (non-hydrogen) atoms. The first-order valence-electron chi connectivity index (χ1n) is 5.52. The lowest BCUT2D eigenvalue weighted by atomic mass is 10.2. The van der Waals surface area contributed by atoms with E-state index in [-0.39, 0.29) is 5.91 Å². The Kier molecular flexibility index (Phi) is 8.19. The number of hydrogen-bond acceptors (Lipinski definition) is 2. The molecule has 0 heterocycles. The highest BCUT2D eigenvalue weighted by atomic mass is 16.2. The molecule has 0 atom stereocenters. The Morgan fingerprint density at radius 3 is 2.43 bits per heavy atom. The van der Waals surface area contributed by atoms with E-state index in [1.54, 1.807) is 0 Å². The zero-order valence-corrected chi connectivity index (χ0v) is 9.60. The summed E-state index contributed by atoms with van der Waals surface area (Å²) in [7, 11) is 0. The lowest BCUT2D eigenvalue weighted by Gasteiger charge is -2.00. The van der Waals surface area contributed by atoms with Gasteiger partial charge < -0.3 is 0 Å². The first kappa shape index (κ1) is 13.1. The fourth-order valence-corrected chi connectivity index (χ4v) is 1.17. The average Bonchev–Trinajstić information content (AvgIpc) is 2.16. The standard InChI is InChI=1S/C11H22N2O/c1-4-6-7-9-11(14)13-12-10(3)8-5-2/h4-9H2,1-3H3,(H,13,14)/b12-10+. The summed E-state index contributed by atoms with van der Waals surface area (Å²) in [4.78, 5) is 11.2. The van der Waals surface area contributed by atoms with E-state index in [9.17, 15) is 4.79 Å². The molecule has 0 saturated heterocycles. The summed E-state index contributed by atoms with van der Waals surface area (Å²) in [6, 6.07) is 0. The summed E-state index contributed by atoms with van der Waals surface area (Å²) in [5.74, 6) is 0.0360.